The highest BCUT2D eigenvalue weighted by atomic mass is 16.5. The van der Waals surface area contributed by atoms with Crippen LogP contribution in [0.4, 0.5) is 4.79 Å². The molecule has 0 unspecified atom stereocenters. The number of urea groups is 1. The Kier molecular flexibility index (Phi) is 7.42. The van der Waals surface area contributed by atoms with Gasteiger partial charge in [-0.2, -0.15) is 0 Å². The first-order chi connectivity index (χ1) is 13.3. The average molecular weight is 365 g/mol. The van der Waals surface area contributed by atoms with E-state index < -0.39 is 0 Å². The van der Waals surface area contributed by atoms with Crippen LogP contribution in [-0.2, 0) is 11.2 Å². The molecule has 5 heteroatoms. The Morgan fingerprint density at radius 1 is 1.22 bits per heavy atom. The molecule has 3 rings (SSSR count). The molecule has 5 nitrogen and oxygen atoms in total. The molecule has 0 aliphatic carbocycles. The van der Waals surface area contributed by atoms with Crippen LogP contribution in [0.3, 0.4) is 0 Å². The zero-order valence-corrected chi connectivity index (χ0v) is 15.6. The van der Waals surface area contributed by atoms with Crippen LogP contribution in [0.5, 0.6) is 0 Å². The summed E-state index contributed by atoms with van der Waals surface area (Å²) in [6.07, 6.45) is 10.7. The van der Waals surface area contributed by atoms with Crippen LogP contribution in [0.2, 0.25) is 0 Å². The molecule has 1 aromatic heterocycles. The highest BCUT2D eigenvalue weighted by Crippen LogP contribution is 2.14. The lowest BCUT2D eigenvalue weighted by Gasteiger charge is -2.24. The normalized spacial score (nSPS) is 16.5. The van der Waals surface area contributed by atoms with E-state index in [1.54, 1.807) is 12.4 Å². The highest BCUT2D eigenvalue weighted by molar-refractivity contribution is 5.74. The summed E-state index contributed by atoms with van der Waals surface area (Å²) >= 11 is 0. The van der Waals surface area contributed by atoms with Crippen molar-refractivity contribution in [3.63, 3.8) is 0 Å². The van der Waals surface area contributed by atoms with Crippen molar-refractivity contribution in [1.82, 2.24) is 15.2 Å². The van der Waals surface area contributed by atoms with Crippen LogP contribution in [0.15, 0.2) is 60.9 Å². The lowest BCUT2D eigenvalue weighted by molar-refractivity contribution is 0.0842. The van der Waals surface area contributed by atoms with Crippen LogP contribution in [0, 0.1) is 0 Å². The van der Waals surface area contributed by atoms with E-state index in [-0.39, 0.29) is 12.1 Å². The predicted octanol–water partition coefficient (Wildman–Crippen LogP) is 3.53. The lowest BCUT2D eigenvalue weighted by atomic mass is 10.2. The smallest absolute Gasteiger partial charge is 0.317 e. The second-order valence-corrected chi connectivity index (χ2v) is 6.69. The van der Waals surface area contributed by atoms with Gasteiger partial charge in [-0.3, -0.25) is 4.98 Å². The number of nitrogens with zero attached hydrogens (tertiary/aromatic N) is 2. The molecule has 2 amide bonds. The summed E-state index contributed by atoms with van der Waals surface area (Å²) in [5.74, 6) is 0. The minimum absolute atomic E-state index is 0.0442. The highest BCUT2D eigenvalue weighted by Gasteiger charge is 2.21. The van der Waals surface area contributed by atoms with Gasteiger partial charge in [-0.15, -0.1) is 0 Å². The number of rotatable bonds is 8. The predicted molar refractivity (Wildman–Crippen MR) is 107 cm³/mol. The molecule has 142 valence electrons. The molecule has 1 aliphatic rings. The Labute approximate surface area is 161 Å². The third-order valence-corrected chi connectivity index (χ3v) is 4.61. The fourth-order valence-corrected chi connectivity index (χ4v) is 3.13. The van der Waals surface area contributed by atoms with Gasteiger partial charge in [0.2, 0.25) is 0 Å². The van der Waals surface area contributed by atoms with Gasteiger partial charge < -0.3 is 15.0 Å². The number of carbonyl (C=O) groups is 1. The lowest BCUT2D eigenvalue weighted by Crippen LogP contribution is -2.44. The van der Waals surface area contributed by atoms with Crippen LogP contribution < -0.4 is 5.32 Å². The first-order valence-electron chi connectivity index (χ1n) is 9.56. The van der Waals surface area contributed by atoms with Crippen LogP contribution >= 0.6 is 0 Å². The summed E-state index contributed by atoms with van der Waals surface area (Å²) in [7, 11) is 0. The number of carbonyl (C=O) groups excluding carboxylic acids is 1. The third kappa shape index (κ3) is 6.53. The van der Waals surface area contributed by atoms with E-state index in [1.165, 1.54) is 5.56 Å². The van der Waals surface area contributed by atoms with Gasteiger partial charge in [0, 0.05) is 38.6 Å². The standard InChI is InChI=1S/C22H27N3O2/c26-22(24-15-12-20-10-13-23-14-11-20)25(18-21-9-5-17-27-21)16-4-8-19-6-2-1-3-7-19/h1-4,6-8,10-11,13-14,21H,5,9,12,15-18H2,(H,24,26)/b8-4+/t21-/m1/s1. The minimum atomic E-state index is -0.0442. The molecule has 1 aromatic carbocycles. The molecule has 1 fully saturated rings. The summed E-state index contributed by atoms with van der Waals surface area (Å²) in [4.78, 5) is 18.5. The van der Waals surface area contributed by atoms with E-state index in [2.05, 4.69) is 22.4 Å². The zero-order chi connectivity index (χ0) is 18.7. The van der Waals surface area contributed by atoms with Gasteiger partial charge in [-0.25, -0.2) is 4.79 Å². The summed E-state index contributed by atoms with van der Waals surface area (Å²) < 4.78 is 5.72. The SMILES string of the molecule is O=C(NCCc1ccncc1)N(C/C=C/c1ccccc1)C[C@H]1CCCO1. The van der Waals surface area contributed by atoms with Gasteiger partial charge in [-0.05, 0) is 42.5 Å². The van der Waals surface area contributed by atoms with E-state index >= 15 is 0 Å². The first-order valence-corrected chi connectivity index (χ1v) is 9.56. The van der Waals surface area contributed by atoms with Crippen LogP contribution in [0.1, 0.15) is 24.0 Å². The summed E-state index contributed by atoms with van der Waals surface area (Å²) in [6, 6.07) is 14.0. The largest absolute Gasteiger partial charge is 0.376 e. The van der Waals surface area contributed by atoms with E-state index in [1.807, 2.05) is 47.4 Å². The van der Waals surface area contributed by atoms with Gasteiger partial charge in [-0.1, -0.05) is 42.5 Å². The quantitative estimate of drug-likeness (QED) is 0.779. The summed E-state index contributed by atoms with van der Waals surface area (Å²) in [5.41, 5.74) is 2.30. The summed E-state index contributed by atoms with van der Waals surface area (Å²) in [5, 5.41) is 3.03. The topological polar surface area (TPSA) is 54.5 Å². The number of nitrogens with one attached hydrogen (secondary N) is 1. The molecule has 27 heavy (non-hydrogen) atoms. The van der Waals surface area contributed by atoms with E-state index in [4.69, 9.17) is 4.74 Å². The van der Waals surface area contributed by atoms with E-state index in [9.17, 15) is 4.79 Å². The Hall–Kier alpha value is -2.66. The maximum absolute atomic E-state index is 12.7. The fraction of sp³-hybridized carbons (Fsp3) is 0.364. The molecule has 1 aliphatic heterocycles. The number of hydrogen-bond donors (Lipinski definition) is 1. The van der Waals surface area contributed by atoms with E-state index in [0.717, 1.165) is 31.4 Å². The van der Waals surface area contributed by atoms with Crippen molar-refractivity contribution in [2.45, 2.75) is 25.4 Å². The maximum Gasteiger partial charge on any atom is 0.317 e. The average Bonchev–Trinajstić information content (AvgIpc) is 3.22. The van der Waals surface area contributed by atoms with Gasteiger partial charge >= 0.3 is 6.03 Å². The number of hydrogen-bond acceptors (Lipinski definition) is 3. The molecule has 1 atom stereocenters. The molecule has 0 bridgehead atoms. The molecule has 1 saturated heterocycles. The van der Waals surface area contributed by atoms with Gasteiger partial charge in [0.25, 0.3) is 0 Å². The van der Waals surface area contributed by atoms with Gasteiger partial charge in [0.05, 0.1) is 6.10 Å². The van der Waals surface area contributed by atoms with Gasteiger partial charge in [0.1, 0.15) is 0 Å². The Morgan fingerprint density at radius 2 is 2.04 bits per heavy atom. The summed E-state index contributed by atoms with van der Waals surface area (Å²) in [6.45, 7) is 2.59. The Morgan fingerprint density at radius 3 is 2.78 bits per heavy atom. The molecule has 0 radical (unpaired) electrons. The van der Waals surface area contributed by atoms with E-state index in [0.29, 0.717) is 19.6 Å². The molecule has 0 saturated carbocycles. The number of pyridine rings is 1. The van der Waals surface area contributed by atoms with Crippen molar-refractivity contribution in [1.29, 1.82) is 0 Å². The first kappa shape index (κ1) is 19.1. The monoisotopic (exact) mass is 365 g/mol. The van der Waals surface area contributed by atoms with Gasteiger partial charge in [0.15, 0.2) is 0 Å². The van der Waals surface area contributed by atoms with Crippen LogP contribution in [-0.4, -0.2) is 48.3 Å². The molecule has 0 spiro atoms. The molecule has 1 N–H and O–H groups in total. The number of amides is 2. The van der Waals surface area contributed by atoms with Crippen molar-refractivity contribution in [3.05, 3.63) is 72.1 Å². The number of benzene rings is 1. The Bertz CT molecular complexity index is 713. The van der Waals surface area contributed by atoms with Crippen molar-refractivity contribution in [2.75, 3.05) is 26.2 Å². The van der Waals surface area contributed by atoms with Crippen molar-refractivity contribution in [2.24, 2.45) is 0 Å². The minimum Gasteiger partial charge on any atom is -0.376 e. The van der Waals surface area contributed by atoms with Crippen molar-refractivity contribution < 1.29 is 9.53 Å². The second-order valence-electron chi connectivity index (χ2n) is 6.69. The maximum atomic E-state index is 12.7. The molecule has 2 heterocycles. The molecular formula is C22H27N3O2. The molecule has 2 aromatic rings. The zero-order valence-electron chi connectivity index (χ0n) is 15.6. The van der Waals surface area contributed by atoms with Crippen LogP contribution in [0.25, 0.3) is 6.08 Å². The number of ether oxygens (including phenoxy) is 1. The van der Waals surface area contributed by atoms with Crippen molar-refractivity contribution in [3.8, 4) is 0 Å². The fourth-order valence-electron chi connectivity index (χ4n) is 3.13. The number of aromatic nitrogens is 1. The Balaban J connectivity index is 1.53. The van der Waals surface area contributed by atoms with Crippen molar-refractivity contribution >= 4 is 12.1 Å². The third-order valence-electron chi connectivity index (χ3n) is 4.61. The molecular weight excluding hydrogens is 338 g/mol. The second kappa shape index (κ2) is 10.5.